The summed E-state index contributed by atoms with van der Waals surface area (Å²) >= 11 is 0. The molecule has 4 nitrogen and oxygen atoms in total. The Morgan fingerprint density at radius 1 is 1.47 bits per heavy atom. The van der Waals surface area contributed by atoms with Gasteiger partial charge in [-0.25, -0.2) is 4.68 Å². The van der Waals surface area contributed by atoms with Crippen LogP contribution in [-0.2, 0) is 0 Å². The Hall–Kier alpha value is -2.10. The molecule has 17 heavy (non-hydrogen) atoms. The number of rotatable bonds is 4. The third-order valence-electron chi connectivity index (χ3n) is 2.58. The summed E-state index contributed by atoms with van der Waals surface area (Å²) in [7, 11) is 1.60. The molecular weight excluding hydrogens is 216 g/mol. The summed E-state index contributed by atoms with van der Waals surface area (Å²) in [6.07, 6.45) is 3.96. The highest BCUT2D eigenvalue weighted by Gasteiger charge is 2.12. The molecule has 0 unspecified atom stereocenters. The second-order valence-corrected chi connectivity index (χ2v) is 3.61. The Morgan fingerprint density at radius 2 is 2.29 bits per heavy atom. The van der Waals surface area contributed by atoms with Crippen molar-refractivity contribution in [3.05, 3.63) is 42.2 Å². The standard InChI is InChI=1S/C13H14N2O2/c1-3-13(16)11-6-5-10(17-2)9-12(11)15-8-4-7-14-15/h4-9H,3H2,1-2H3. The lowest BCUT2D eigenvalue weighted by Crippen LogP contribution is -2.06. The van der Waals surface area contributed by atoms with Crippen molar-refractivity contribution in [3.8, 4) is 11.4 Å². The van der Waals surface area contributed by atoms with Crippen molar-refractivity contribution < 1.29 is 9.53 Å². The second-order valence-electron chi connectivity index (χ2n) is 3.61. The van der Waals surface area contributed by atoms with Gasteiger partial charge < -0.3 is 4.74 Å². The molecule has 1 aromatic carbocycles. The molecule has 0 aliphatic rings. The number of nitrogens with zero attached hydrogens (tertiary/aromatic N) is 2. The van der Waals surface area contributed by atoms with Gasteiger partial charge in [-0.1, -0.05) is 6.92 Å². The van der Waals surface area contributed by atoms with Crippen LogP contribution >= 0.6 is 0 Å². The average molecular weight is 230 g/mol. The fraction of sp³-hybridized carbons (Fsp3) is 0.231. The van der Waals surface area contributed by atoms with Crippen LogP contribution in [0.2, 0.25) is 0 Å². The second kappa shape index (κ2) is 4.82. The molecular formula is C13H14N2O2. The molecule has 0 bridgehead atoms. The number of benzene rings is 1. The predicted molar refractivity (Wildman–Crippen MR) is 64.7 cm³/mol. The van der Waals surface area contributed by atoms with Gasteiger partial charge in [0.2, 0.25) is 0 Å². The monoisotopic (exact) mass is 230 g/mol. The van der Waals surface area contributed by atoms with Crippen molar-refractivity contribution in [2.45, 2.75) is 13.3 Å². The highest BCUT2D eigenvalue weighted by molar-refractivity contribution is 5.99. The van der Waals surface area contributed by atoms with E-state index in [-0.39, 0.29) is 5.78 Å². The van der Waals surface area contributed by atoms with E-state index in [1.54, 1.807) is 36.3 Å². The molecule has 88 valence electrons. The van der Waals surface area contributed by atoms with Crippen LogP contribution in [-0.4, -0.2) is 22.7 Å². The predicted octanol–water partition coefficient (Wildman–Crippen LogP) is 2.47. The van der Waals surface area contributed by atoms with Crippen LogP contribution in [0.15, 0.2) is 36.7 Å². The Morgan fingerprint density at radius 3 is 2.88 bits per heavy atom. The maximum atomic E-state index is 11.8. The largest absolute Gasteiger partial charge is 0.497 e. The molecule has 1 aromatic heterocycles. The minimum Gasteiger partial charge on any atom is -0.497 e. The van der Waals surface area contributed by atoms with Crippen molar-refractivity contribution in [3.63, 3.8) is 0 Å². The summed E-state index contributed by atoms with van der Waals surface area (Å²) in [4.78, 5) is 11.8. The van der Waals surface area contributed by atoms with Gasteiger partial charge in [-0.2, -0.15) is 5.10 Å². The number of ether oxygens (including phenoxy) is 1. The number of carbonyl (C=O) groups is 1. The molecule has 0 amide bonds. The fourth-order valence-corrected chi connectivity index (χ4v) is 1.67. The molecule has 2 aromatic rings. The van der Waals surface area contributed by atoms with Gasteiger partial charge >= 0.3 is 0 Å². The van der Waals surface area contributed by atoms with Gasteiger partial charge in [0.25, 0.3) is 0 Å². The Bertz CT molecular complexity index is 518. The first-order valence-electron chi connectivity index (χ1n) is 5.47. The van der Waals surface area contributed by atoms with Crippen molar-refractivity contribution in [1.82, 2.24) is 9.78 Å². The summed E-state index contributed by atoms with van der Waals surface area (Å²) in [6.45, 7) is 1.85. The summed E-state index contributed by atoms with van der Waals surface area (Å²) in [5.74, 6) is 0.807. The summed E-state index contributed by atoms with van der Waals surface area (Å²) in [6, 6.07) is 7.20. The zero-order valence-electron chi connectivity index (χ0n) is 9.88. The average Bonchev–Trinajstić information content (AvgIpc) is 2.91. The van der Waals surface area contributed by atoms with E-state index in [0.717, 1.165) is 5.69 Å². The van der Waals surface area contributed by atoms with Gasteiger partial charge in [-0.05, 0) is 18.2 Å². The maximum Gasteiger partial charge on any atom is 0.164 e. The number of ketones is 1. The third kappa shape index (κ3) is 2.20. The molecule has 0 saturated heterocycles. The Kier molecular flexibility index (Phi) is 3.23. The van der Waals surface area contributed by atoms with Gasteiger partial charge in [0, 0.05) is 30.4 Å². The molecule has 0 aliphatic heterocycles. The quantitative estimate of drug-likeness (QED) is 0.758. The van der Waals surface area contributed by atoms with Crippen molar-refractivity contribution >= 4 is 5.78 Å². The highest BCUT2D eigenvalue weighted by Crippen LogP contribution is 2.22. The zero-order valence-corrected chi connectivity index (χ0v) is 9.88. The lowest BCUT2D eigenvalue weighted by Gasteiger charge is -2.10. The lowest BCUT2D eigenvalue weighted by atomic mass is 10.1. The van der Waals surface area contributed by atoms with Gasteiger partial charge in [0.05, 0.1) is 12.8 Å². The van der Waals surface area contributed by atoms with E-state index in [2.05, 4.69) is 5.10 Å². The van der Waals surface area contributed by atoms with Crippen LogP contribution in [0.5, 0.6) is 5.75 Å². The molecule has 0 N–H and O–H groups in total. The van der Waals surface area contributed by atoms with Crippen LogP contribution < -0.4 is 4.74 Å². The van der Waals surface area contributed by atoms with Crippen LogP contribution in [0.1, 0.15) is 23.7 Å². The van der Waals surface area contributed by atoms with Crippen LogP contribution in [0.25, 0.3) is 5.69 Å². The maximum absolute atomic E-state index is 11.8. The minimum atomic E-state index is 0.0955. The molecule has 0 radical (unpaired) electrons. The third-order valence-corrected chi connectivity index (χ3v) is 2.58. The van der Waals surface area contributed by atoms with Crippen molar-refractivity contribution in [2.75, 3.05) is 7.11 Å². The SMILES string of the molecule is CCC(=O)c1ccc(OC)cc1-n1cccn1. The summed E-state index contributed by atoms with van der Waals surface area (Å²) in [5, 5.41) is 4.15. The number of hydrogen-bond acceptors (Lipinski definition) is 3. The first kappa shape index (κ1) is 11.4. The van der Waals surface area contributed by atoms with Crippen molar-refractivity contribution in [2.24, 2.45) is 0 Å². The zero-order chi connectivity index (χ0) is 12.3. The number of aromatic nitrogens is 2. The molecule has 0 saturated carbocycles. The van der Waals surface area contributed by atoms with Crippen molar-refractivity contribution in [1.29, 1.82) is 0 Å². The Balaban J connectivity index is 2.56. The topological polar surface area (TPSA) is 44.1 Å². The molecule has 0 aliphatic carbocycles. The van der Waals surface area contributed by atoms with E-state index in [1.807, 2.05) is 19.1 Å². The van der Waals surface area contributed by atoms with E-state index in [9.17, 15) is 4.79 Å². The van der Waals surface area contributed by atoms with E-state index >= 15 is 0 Å². The van der Waals surface area contributed by atoms with Crippen LogP contribution in [0, 0.1) is 0 Å². The van der Waals surface area contributed by atoms with Crippen LogP contribution in [0.3, 0.4) is 0 Å². The number of methoxy groups -OCH3 is 1. The number of carbonyl (C=O) groups excluding carboxylic acids is 1. The molecule has 1 heterocycles. The molecule has 4 heteroatoms. The van der Waals surface area contributed by atoms with Gasteiger partial charge in [0.1, 0.15) is 5.75 Å². The lowest BCUT2D eigenvalue weighted by molar-refractivity contribution is 0.0988. The number of hydrogen-bond donors (Lipinski definition) is 0. The summed E-state index contributed by atoms with van der Waals surface area (Å²) in [5.41, 5.74) is 1.42. The Labute approximate surface area is 99.8 Å². The van der Waals surface area contributed by atoms with E-state index in [0.29, 0.717) is 17.7 Å². The molecule has 2 rings (SSSR count). The molecule has 0 spiro atoms. The van der Waals surface area contributed by atoms with Gasteiger partial charge in [-0.3, -0.25) is 4.79 Å². The summed E-state index contributed by atoms with van der Waals surface area (Å²) < 4.78 is 6.84. The fourth-order valence-electron chi connectivity index (χ4n) is 1.67. The van der Waals surface area contributed by atoms with E-state index in [1.165, 1.54) is 0 Å². The van der Waals surface area contributed by atoms with E-state index < -0.39 is 0 Å². The first-order chi connectivity index (χ1) is 8.26. The smallest absolute Gasteiger partial charge is 0.164 e. The normalized spacial score (nSPS) is 10.2. The van der Waals surface area contributed by atoms with Gasteiger partial charge in [-0.15, -0.1) is 0 Å². The number of Topliss-reactive ketones (excluding diaryl/α,β-unsaturated/α-hetero) is 1. The highest BCUT2D eigenvalue weighted by atomic mass is 16.5. The molecule has 0 atom stereocenters. The first-order valence-corrected chi connectivity index (χ1v) is 5.47. The van der Waals surface area contributed by atoms with Gasteiger partial charge in [0.15, 0.2) is 5.78 Å². The minimum absolute atomic E-state index is 0.0955. The molecule has 0 fully saturated rings. The van der Waals surface area contributed by atoms with Crippen LogP contribution in [0.4, 0.5) is 0 Å². The van der Waals surface area contributed by atoms with E-state index in [4.69, 9.17) is 4.74 Å².